The summed E-state index contributed by atoms with van der Waals surface area (Å²) in [6.45, 7) is 4.01. The van der Waals surface area contributed by atoms with Crippen LogP contribution in [0.5, 0.6) is 0 Å². The second-order valence-corrected chi connectivity index (χ2v) is 5.08. The van der Waals surface area contributed by atoms with Crippen molar-refractivity contribution in [3.8, 4) is 0 Å². The van der Waals surface area contributed by atoms with E-state index in [1.807, 2.05) is 13.8 Å². The lowest BCUT2D eigenvalue weighted by molar-refractivity contribution is -0.145. The van der Waals surface area contributed by atoms with Gasteiger partial charge in [0, 0.05) is 5.25 Å². The first-order chi connectivity index (χ1) is 7.18. The molecule has 0 bridgehead atoms. The summed E-state index contributed by atoms with van der Waals surface area (Å²) in [4.78, 5) is 11.2. The molecule has 1 N–H and O–H groups in total. The molecule has 0 saturated carbocycles. The number of nitrogens with one attached hydrogen (secondary N) is 1. The summed E-state index contributed by atoms with van der Waals surface area (Å²) < 4.78 is 8.08. The van der Waals surface area contributed by atoms with Crippen LogP contribution in [0.3, 0.4) is 0 Å². The number of carbonyl (C=O) groups excluding carboxylic acids is 1. The van der Waals surface area contributed by atoms with E-state index in [0.717, 1.165) is 12.8 Å². The molecule has 0 heterocycles. The van der Waals surface area contributed by atoms with Crippen LogP contribution in [0.1, 0.15) is 33.1 Å². The molecular weight excluding hydrogens is 210 g/mol. The van der Waals surface area contributed by atoms with Gasteiger partial charge in [0.15, 0.2) is 0 Å². The Bertz CT molecular complexity index is 229. The Hall–Kier alpha value is -0.480. The van der Waals surface area contributed by atoms with E-state index in [1.54, 1.807) is 11.9 Å². The zero-order valence-electron chi connectivity index (χ0n) is 9.36. The van der Waals surface area contributed by atoms with Gasteiger partial charge in [-0.05, 0) is 33.1 Å². The second kappa shape index (κ2) is 6.90. The number of hydrogen-bond acceptors (Lipinski definition) is 4. The number of esters is 1. The van der Waals surface area contributed by atoms with Gasteiger partial charge in [0.05, 0.1) is 6.10 Å². The summed E-state index contributed by atoms with van der Waals surface area (Å²) in [6, 6.07) is 0. The number of rotatable bonds is 5. The van der Waals surface area contributed by atoms with Crippen molar-refractivity contribution in [3.63, 3.8) is 0 Å². The fourth-order valence-corrected chi connectivity index (χ4v) is 2.29. The van der Waals surface area contributed by atoms with Crippen molar-refractivity contribution in [2.24, 2.45) is 0 Å². The lowest BCUT2D eigenvalue weighted by Gasteiger charge is -2.17. The first-order valence-electron chi connectivity index (χ1n) is 5.41. The van der Waals surface area contributed by atoms with Gasteiger partial charge < -0.3 is 4.74 Å². The van der Waals surface area contributed by atoms with Crippen LogP contribution in [0, 0.1) is 0 Å². The Kier molecular flexibility index (Phi) is 5.79. The molecule has 3 nitrogen and oxygen atoms in total. The van der Waals surface area contributed by atoms with Crippen molar-refractivity contribution in [3.05, 3.63) is 12.2 Å². The van der Waals surface area contributed by atoms with Crippen molar-refractivity contribution < 1.29 is 9.53 Å². The first-order valence-corrected chi connectivity index (χ1v) is 6.29. The smallest absolute Gasteiger partial charge is 0.321 e. The Morgan fingerprint density at radius 1 is 1.60 bits per heavy atom. The average Bonchev–Trinajstić information content (AvgIpc) is 2.18. The van der Waals surface area contributed by atoms with Crippen molar-refractivity contribution in [1.82, 2.24) is 4.72 Å². The van der Waals surface area contributed by atoms with Crippen LogP contribution in [0.2, 0.25) is 0 Å². The maximum Gasteiger partial charge on any atom is 0.321 e. The van der Waals surface area contributed by atoms with E-state index in [1.165, 1.54) is 6.42 Å². The Morgan fingerprint density at radius 3 is 3.00 bits per heavy atom. The van der Waals surface area contributed by atoms with Crippen LogP contribution in [0.4, 0.5) is 0 Å². The monoisotopic (exact) mass is 229 g/mol. The number of hydrogen-bond donors (Lipinski definition) is 1. The molecule has 0 saturated heterocycles. The molecular formula is C11H19NO2S. The Morgan fingerprint density at radius 2 is 2.40 bits per heavy atom. The third kappa shape index (κ3) is 5.85. The molecule has 0 aliphatic heterocycles. The van der Waals surface area contributed by atoms with Crippen LogP contribution in [-0.4, -0.2) is 23.9 Å². The standard InChI is InChI=1S/C11H19NO2S/c1-9(2)14-11(13)8-12-15-10-6-4-3-5-7-10/h3-4,9-10,12H,5-8H2,1-2H3. The zero-order valence-corrected chi connectivity index (χ0v) is 10.2. The molecule has 1 aliphatic rings. The molecule has 86 valence electrons. The topological polar surface area (TPSA) is 38.3 Å². The number of ether oxygens (including phenoxy) is 1. The summed E-state index contributed by atoms with van der Waals surface area (Å²) in [6.07, 6.45) is 7.82. The SMILES string of the molecule is CC(C)OC(=O)CNSC1CC=CCC1. The molecule has 0 fully saturated rings. The molecule has 1 unspecified atom stereocenters. The van der Waals surface area contributed by atoms with Crippen molar-refractivity contribution in [2.75, 3.05) is 6.54 Å². The minimum Gasteiger partial charge on any atom is -0.462 e. The maximum atomic E-state index is 11.2. The van der Waals surface area contributed by atoms with Gasteiger partial charge in [-0.25, -0.2) is 0 Å². The summed E-state index contributed by atoms with van der Waals surface area (Å²) in [5, 5.41) is 0.599. The van der Waals surface area contributed by atoms with Gasteiger partial charge in [-0.1, -0.05) is 24.1 Å². The van der Waals surface area contributed by atoms with Gasteiger partial charge >= 0.3 is 5.97 Å². The fraction of sp³-hybridized carbons (Fsp3) is 0.727. The van der Waals surface area contributed by atoms with E-state index in [9.17, 15) is 4.79 Å². The van der Waals surface area contributed by atoms with Gasteiger partial charge in [-0.2, -0.15) is 0 Å². The van der Waals surface area contributed by atoms with Crippen molar-refractivity contribution in [1.29, 1.82) is 0 Å². The molecule has 0 aromatic carbocycles. The van der Waals surface area contributed by atoms with Crippen LogP contribution in [0.25, 0.3) is 0 Å². The highest BCUT2D eigenvalue weighted by atomic mass is 32.2. The Balaban J connectivity index is 2.05. The van der Waals surface area contributed by atoms with Crippen LogP contribution >= 0.6 is 11.9 Å². The summed E-state index contributed by atoms with van der Waals surface area (Å²) in [5.41, 5.74) is 0. The third-order valence-electron chi connectivity index (χ3n) is 2.05. The average molecular weight is 229 g/mol. The third-order valence-corrected chi connectivity index (χ3v) is 3.13. The van der Waals surface area contributed by atoms with Crippen molar-refractivity contribution >= 4 is 17.9 Å². The van der Waals surface area contributed by atoms with Gasteiger partial charge in [0.1, 0.15) is 6.54 Å². The lowest BCUT2D eigenvalue weighted by atomic mass is 10.1. The van der Waals surface area contributed by atoms with E-state index in [2.05, 4.69) is 16.9 Å². The minimum atomic E-state index is -0.177. The van der Waals surface area contributed by atoms with Gasteiger partial charge in [-0.3, -0.25) is 9.52 Å². The molecule has 4 heteroatoms. The second-order valence-electron chi connectivity index (χ2n) is 3.88. The molecule has 1 rings (SSSR count). The van der Waals surface area contributed by atoms with Gasteiger partial charge in [0.25, 0.3) is 0 Å². The predicted molar refractivity (Wildman–Crippen MR) is 63.6 cm³/mol. The van der Waals surface area contributed by atoms with E-state index in [0.29, 0.717) is 11.8 Å². The zero-order chi connectivity index (χ0) is 11.1. The molecule has 0 radical (unpaired) electrons. The van der Waals surface area contributed by atoms with Crippen LogP contribution in [-0.2, 0) is 9.53 Å². The van der Waals surface area contributed by atoms with E-state index >= 15 is 0 Å². The molecule has 0 aromatic rings. The highest BCUT2D eigenvalue weighted by Crippen LogP contribution is 2.21. The predicted octanol–water partition coefficient (Wildman–Crippen LogP) is 2.28. The van der Waals surface area contributed by atoms with Crippen molar-refractivity contribution in [2.45, 2.75) is 44.5 Å². The minimum absolute atomic E-state index is 0.0260. The van der Waals surface area contributed by atoms with Gasteiger partial charge in [0.2, 0.25) is 0 Å². The number of carbonyl (C=O) groups is 1. The molecule has 1 atom stereocenters. The fourth-order valence-electron chi connectivity index (χ4n) is 1.40. The molecule has 0 amide bonds. The maximum absolute atomic E-state index is 11.2. The molecule has 1 aliphatic carbocycles. The van der Waals surface area contributed by atoms with E-state index in [4.69, 9.17) is 4.74 Å². The van der Waals surface area contributed by atoms with E-state index < -0.39 is 0 Å². The molecule has 15 heavy (non-hydrogen) atoms. The largest absolute Gasteiger partial charge is 0.462 e. The van der Waals surface area contributed by atoms with Gasteiger partial charge in [-0.15, -0.1) is 0 Å². The summed E-state index contributed by atoms with van der Waals surface area (Å²) >= 11 is 1.65. The summed E-state index contributed by atoms with van der Waals surface area (Å²) in [7, 11) is 0. The first kappa shape index (κ1) is 12.6. The normalized spacial score (nSPS) is 20.6. The summed E-state index contributed by atoms with van der Waals surface area (Å²) in [5.74, 6) is -0.177. The van der Waals surface area contributed by atoms with Crippen LogP contribution in [0.15, 0.2) is 12.2 Å². The van der Waals surface area contributed by atoms with E-state index in [-0.39, 0.29) is 12.1 Å². The molecule has 0 spiro atoms. The Labute approximate surface area is 95.8 Å². The highest BCUT2D eigenvalue weighted by Gasteiger charge is 2.11. The van der Waals surface area contributed by atoms with Crippen LogP contribution < -0.4 is 4.72 Å². The molecule has 0 aromatic heterocycles. The highest BCUT2D eigenvalue weighted by molar-refractivity contribution is 7.98. The quantitative estimate of drug-likeness (QED) is 0.446. The lowest BCUT2D eigenvalue weighted by Crippen LogP contribution is -2.24. The number of allylic oxidation sites excluding steroid dienone is 2.